The molecule has 0 bridgehead atoms. The van der Waals surface area contributed by atoms with Gasteiger partial charge in [0.2, 0.25) is 0 Å². The maximum Gasteiger partial charge on any atom is 0.161 e. The maximum absolute atomic E-state index is 5.65. The smallest absolute Gasteiger partial charge is 0.161 e. The summed E-state index contributed by atoms with van der Waals surface area (Å²) >= 11 is 1.79. The lowest BCUT2D eigenvalue weighted by molar-refractivity contribution is 0.316. The molecule has 1 aliphatic rings. The van der Waals surface area contributed by atoms with Crippen LogP contribution in [0.3, 0.4) is 0 Å². The van der Waals surface area contributed by atoms with Crippen LogP contribution in [0.15, 0.2) is 29.3 Å². The third-order valence-electron chi connectivity index (χ3n) is 3.33. The number of aliphatic imine (C=N–C) groups is 1. The molecule has 0 aromatic heterocycles. The number of nitrogens with one attached hydrogen (secondary N) is 1. The third kappa shape index (κ3) is 3.92. The lowest BCUT2D eigenvalue weighted by atomic mass is 9.85. The Morgan fingerprint density at radius 3 is 2.80 bits per heavy atom. The first kappa shape index (κ1) is 15.2. The van der Waals surface area contributed by atoms with Crippen molar-refractivity contribution in [2.45, 2.75) is 40.2 Å². The third-order valence-corrected chi connectivity index (χ3v) is 4.25. The van der Waals surface area contributed by atoms with Crippen molar-refractivity contribution < 1.29 is 4.74 Å². The Labute approximate surface area is 126 Å². The second-order valence-electron chi connectivity index (χ2n) is 6.01. The molecule has 4 heteroatoms. The molecule has 1 N–H and O–H groups in total. The minimum Gasteiger partial charge on any atom is -0.492 e. The summed E-state index contributed by atoms with van der Waals surface area (Å²) in [6.07, 6.45) is 1.15. The van der Waals surface area contributed by atoms with Crippen LogP contribution >= 0.6 is 11.8 Å². The molecule has 2 rings (SSSR count). The van der Waals surface area contributed by atoms with Gasteiger partial charge in [-0.2, -0.15) is 0 Å². The Bertz CT molecular complexity index is 480. The molecule has 110 valence electrons. The summed E-state index contributed by atoms with van der Waals surface area (Å²) < 4.78 is 5.65. The number of nitrogens with zero attached hydrogens (tertiary/aromatic N) is 1. The predicted octanol–water partition coefficient (Wildman–Crippen LogP) is 4.40. The van der Waals surface area contributed by atoms with Gasteiger partial charge in [0, 0.05) is 5.75 Å². The van der Waals surface area contributed by atoms with E-state index in [1.54, 1.807) is 11.8 Å². The molecule has 1 heterocycles. The molecule has 1 aromatic rings. The normalized spacial score (nSPS) is 19.4. The molecule has 0 aliphatic carbocycles. The second kappa shape index (κ2) is 6.53. The Kier molecular flexibility index (Phi) is 4.97. The largest absolute Gasteiger partial charge is 0.492 e. The van der Waals surface area contributed by atoms with Crippen molar-refractivity contribution in [2.24, 2.45) is 10.4 Å². The molecule has 1 atom stereocenters. The average Bonchev–Trinajstić information content (AvgIpc) is 2.41. The summed E-state index contributed by atoms with van der Waals surface area (Å²) in [5.74, 6) is 2.00. The van der Waals surface area contributed by atoms with Gasteiger partial charge in [0.05, 0.1) is 18.3 Å². The zero-order valence-electron chi connectivity index (χ0n) is 12.8. The van der Waals surface area contributed by atoms with Gasteiger partial charge >= 0.3 is 0 Å². The minimum absolute atomic E-state index is 0.216. The highest BCUT2D eigenvalue weighted by molar-refractivity contribution is 8.14. The van der Waals surface area contributed by atoms with E-state index < -0.39 is 0 Å². The molecule has 0 fully saturated rings. The van der Waals surface area contributed by atoms with Gasteiger partial charge in [0.15, 0.2) is 5.17 Å². The van der Waals surface area contributed by atoms with Crippen LogP contribution in [0.2, 0.25) is 0 Å². The number of benzene rings is 1. The molecular weight excluding hydrogens is 268 g/mol. The van der Waals surface area contributed by atoms with Gasteiger partial charge in [-0.05, 0) is 30.9 Å². The molecule has 0 spiro atoms. The van der Waals surface area contributed by atoms with E-state index in [4.69, 9.17) is 9.73 Å². The summed E-state index contributed by atoms with van der Waals surface area (Å²) in [6, 6.07) is 8.41. The van der Waals surface area contributed by atoms with E-state index in [0.29, 0.717) is 12.6 Å². The molecule has 20 heavy (non-hydrogen) atoms. The summed E-state index contributed by atoms with van der Waals surface area (Å²) in [5.41, 5.74) is 1.21. The molecular formula is C16H24N2OS. The first-order chi connectivity index (χ1) is 9.50. The van der Waals surface area contributed by atoms with Gasteiger partial charge < -0.3 is 10.1 Å². The van der Waals surface area contributed by atoms with Gasteiger partial charge in [-0.15, -0.1) is 0 Å². The van der Waals surface area contributed by atoms with Gasteiger partial charge in [0.25, 0.3) is 0 Å². The lowest BCUT2D eigenvalue weighted by Gasteiger charge is -2.31. The van der Waals surface area contributed by atoms with Gasteiger partial charge in [0.1, 0.15) is 5.75 Å². The topological polar surface area (TPSA) is 33.6 Å². The highest BCUT2D eigenvalue weighted by atomic mass is 32.2. The monoisotopic (exact) mass is 292 g/mol. The average molecular weight is 292 g/mol. The van der Waals surface area contributed by atoms with Crippen LogP contribution in [0.4, 0.5) is 5.69 Å². The SMILES string of the molecule is CCOc1ccccc1NC1=NC(C(C)(C)C)CCS1. The van der Waals surface area contributed by atoms with E-state index in [1.165, 1.54) is 0 Å². The van der Waals surface area contributed by atoms with E-state index in [-0.39, 0.29) is 5.41 Å². The fourth-order valence-electron chi connectivity index (χ4n) is 2.17. The molecule has 1 aromatic carbocycles. The number of ether oxygens (including phenoxy) is 1. The Hall–Kier alpha value is -1.16. The zero-order valence-corrected chi connectivity index (χ0v) is 13.6. The van der Waals surface area contributed by atoms with Gasteiger partial charge in [-0.1, -0.05) is 44.7 Å². The van der Waals surface area contributed by atoms with Crippen molar-refractivity contribution in [3.63, 3.8) is 0 Å². The molecule has 1 aliphatic heterocycles. The molecule has 0 saturated heterocycles. The van der Waals surface area contributed by atoms with Gasteiger partial charge in [-0.25, -0.2) is 0 Å². The standard InChI is InChI=1S/C16H24N2OS/c1-5-19-13-9-7-6-8-12(13)17-15-18-14(10-11-20-15)16(2,3)4/h6-9,14H,5,10-11H2,1-4H3,(H,17,18). The predicted molar refractivity (Wildman–Crippen MR) is 89.0 cm³/mol. The van der Waals surface area contributed by atoms with Crippen molar-refractivity contribution in [3.05, 3.63) is 24.3 Å². The fourth-order valence-corrected chi connectivity index (χ4v) is 3.09. The van der Waals surface area contributed by atoms with Crippen LogP contribution in [-0.4, -0.2) is 23.6 Å². The molecule has 0 radical (unpaired) electrons. The highest BCUT2D eigenvalue weighted by Gasteiger charge is 2.27. The Balaban J connectivity index is 2.15. The zero-order chi connectivity index (χ0) is 14.6. The highest BCUT2D eigenvalue weighted by Crippen LogP contribution is 2.32. The van der Waals surface area contributed by atoms with E-state index in [0.717, 1.165) is 28.8 Å². The number of thioether (sulfide) groups is 1. The van der Waals surface area contributed by atoms with Gasteiger partial charge in [-0.3, -0.25) is 4.99 Å². The van der Waals surface area contributed by atoms with Crippen LogP contribution in [0, 0.1) is 5.41 Å². The number of hydrogen-bond donors (Lipinski definition) is 1. The summed E-state index contributed by atoms with van der Waals surface area (Å²) in [7, 11) is 0. The van der Waals surface area contributed by atoms with Crippen LogP contribution in [0.25, 0.3) is 0 Å². The molecule has 3 nitrogen and oxygen atoms in total. The van der Waals surface area contributed by atoms with Crippen LogP contribution < -0.4 is 10.1 Å². The molecule has 1 unspecified atom stereocenters. The summed E-state index contributed by atoms with van der Waals surface area (Å²) in [6.45, 7) is 9.43. The minimum atomic E-state index is 0.216. The maximum atomic E-state index is 5.65. The summed E-state index contributed by atoms with van der Waals surface area (Å²) in [4.78, 5) is 4.86. The first-order valence-electron chi connectivity index (χ1n) is 7.20. The van der Waals surface area contributed by atoms with Crippen molar-refractivity contribution >= 4 is 22.6 Å². The Morgan fingerprint density at radius 2 is 2.10 bits per heavy atom. The van der Waals surface area contributed by atoms with Crippen molar-refractivity contribution in [3.8, 4) is 5.75 Å². The van der Waals surface area contributed by atoms with Crippen molar-refractivity contribution in [1.29, 1.82) is 0 Å². The lowest BCUT2D eigenvalue weighted by Crippen LogP contribution is -2.30. The second-order valence-corrected chi connectivity index (χ2v) is 7.09. The molecule has 0 saturated carbocycles. The number of para-hydroxylation sites is 2. The summed E-state index contributed by atoms with van der Waals surface area (Å²) in [5, 5.41) is 4.43. The van der Waals surface area contributed by atoms with E-state index in [2.05, 4.69) is 26.1 Å². The van der Waals surface area contributed by atoms with E-state index >= 15 is 0 Å². The van der Waals surface area contributed by atoms with Crippen molar-refractivity contribution in [2.75, 3.05) is 17.7 Å². The van der Waals surface area contributed by atoms with Crippen LogP contribution in [-0.2, 0) is 0 Å². The number of amidine groups is 1. The first-order valence-corrected chi connectivity index (χ1v) is 8.18. The number of hydrogen-bond acceptors (Lipinski definition) is 4. The van der Waals surface area contributed by atoms with Crippen molar-refractivity contribution in [1.82, 2.24) is 0 Å². The van der Waals surface area contributed by atoms with Crippen LogP contribution in [0.1, 0.15) is 34.1 Å². The molecule has 0 amide bonds. The Morgan fingerprint density at radius 1 is 1.35 bits per heavy atom. The van der Waals surface area contributed by atoms with Crippen LogP contribution in [0.5, 0.6) is 5.75 Å². The number of rotatable bonds is 3. The fraction of sp³-hybridized carbons (Fsp3) is 0.562. The quantitative estimate of drug-likeness (QED) is 0.896. The van der Waals surface area contributed by atoms with E-state index in [1.807, 2.05) is 31.2 Å². The van der Waals surface area contributed by atoms with E-state index in [9.17, 15) is 0 Å². The number of anilines is 1.